The van der Waals surface area contributed by atoms with Crippen LogP contribution in [0.15, 0.2) is 0 Å². The first kappa shape index (κ1) is 14.9. The number of nitrogens with zero attached hydrogens (tertiary/aromatic N) is 1. The van der Waals surface area contributed by atoms with Gasteiger partial charge in [-0.05, 0) is 25.8 Å². The molecule has 0 aromatic carbocycles. The standard InChI is InChI=1S/C13H28N2O2/c1-11-5-7-15(10-13(11)17-4)12(2)9-14-6-8-16-3/h11-14H,5-10H2,1-4H3. The van der Waals surface area contributed by atoms with Crippen molar-refractivity contribution in [3.63, 3.8) is 0 Å². The highest BCUT2D eigenvalue weighted by Gasteiger charge is 2.28. The molecule has 1 N–H and O–H groups in total. The van der Waals surface area contributed by atoms with E-state index in [0.717, 1.165) is 26.2 Å². The van der Waals surface area contributed by atoms with Crippen LogP contribution in [0.1, 0.15) is 20.3 Å². The first-order valence-corrected chi connectivity index (χ1v) is 6.65. The minimum Gasteiger partial charge on any atom is -0.383 e. The van der Waals surface area contributed by atoms with Crippen molar-refractivity contribution in [1.29, 1.82) is 0 Å². The lowest BCUT2D eigenvalue weighted by Crippen LogP contribution is -2.50. The molecule has 3 atom stereocenters. The van der Waals surface area contributed by atoms with Crippen molar-refractivity contribution in [2.24, 2.45) is 5.92 Å². The van der Waals surface area contributed by atoms with Crippen LogP contribution in [0.25, 0.3) is 0 Å². The summed E-state index contributed by atoms with van der Waals surface area (Å²) < 4.78 is 10.6. The molecule has 0 spiro atoms. The van der Waals surface area contributed by atoms with Crippen LogP contribution >= 0.6 is 0 Å². The van der Waals surface area contributed by atoms with E-state index in [1.165, 1.54) is 13.0 Å². The summed E-state index contributed by atoms with van der Waals surface area (Å²) in [5.74, 6) is 0.685. The monoisotopic (exact) mass is 244 g/mol. The Morgan fingerprint density at radius 1 is 1.41 bits per heavy atom. The molecule has 0 saturated carbocycles. The maximum Gasteiger partial charge on any atom is 0.0724 e. The fraction of sp³-hybridized carbons (Fsp3) is 1.00. The SMILES string of the molecule is COCCNCC(C)N1CCC(C)C(OC)C1. The lowest BCUT2D eigenvalue weighted by molar-refractivity contribution is -0.0165. The smallest absolute Gasteiger partial charge is 0.0724 e. The minimum atomic E-state index is 0.394. The Bertz CT molecular complexity index is 202. The van der Waals surface area contributed by atoms with Gasteiger partial charge in [0.05, 0.1) is 12.7 Å². The summed E-state index contributed by atoms with van der Waals surface area (Å²) in [6, 6.07) is 0.567. The van der Waals surface area contributed by atoms with Crippen molar-refractivity contribution in [1.82, 2.24) is 10.2 Å². The second-order valence-corrected chi connectivity index (χ2v) is 5.08. The molecule has 0 aromatic rings. The summed E-state index contributed by atoms with van der Waals surface area (Å²) in [4.78, 5) is 2.52. The predicted octanol–water partition coefficient (Wildman–Crippen LogP) is 0.968. The van der Waals surface area contributed by atoms with Crippen LogP contribution in [0.4, 0.5) is 0 Å². The van der Waals surface area contributed by atoms with E-state index in [2.05, 4.69) is 24.1 Å². The zero-order chi connectivity index (χ0) is 12.7. The van der Waals surface area contributed by atoms with Crippen LogP contribution in [0.3, 0.4) is 0 Å². The Kier molecular flexibility index (Phi) is 7.04. The van der Waals surface area contributed by atoms with E-state index in [1.54, 1.807) is 7.11 Å². The van der Waals surface area contributed by atoms with Crippen LogP contribution in [0.2, 0.25) is 0 Å². The third-order valence-electron chi connectivity index (χ3n) is 3.77. The van der Waals surface area contributed by atoms with Gasteiger partial charge in [0.1, 0.15) is 0 Å². The van der Waals surface area contributed by atoms with Gasteiger partial charge in [-0.2, -0.15) is 0 Å². The van der Waals surface area contributed by atoms with E-state index in [4.69, 9.17) is 9.47 Å². The fourth-order valence-electron chi connectivity index (χ4n) is 2.38. The van der Waals surface area contributed by atoms with Crippen LogP contribution in [-0.4, -0.2) is 64.1 Å². The third-order valence-corrected chi connectivity index (χ3v) is 3.77. The van der Waals surface area contributed by atoms with Gasteiger partial charge in [0.25, 0.3) is 0 Å². The van der Waals surface area contributed by atoms with Crippen molar-refractivity contribution in [2.75, 3.05) is 47.0 Å². The van der Waals surface area contributed by atoms with Crippen LogP contribution in [-0.2, 0) is 9.47 Å². The van der Waals surface area contributed by atoms with Gasteiger partial charge in [-0.15, -0.1) is 0 Å². The molecular weight excluding hydrogens is 216 g/mol. The zero-order valence-electron chi connectivity index (χ0n) is 11.7. The summed E-state index contributed by atoms with van der Waals surface area (Å²) >= 11 is 0. The summed E-state index contributed by atoms with van der Waals surface area (Å²) in [7, 11) is 3.56. The molecule has 102 valence electrons. The number of rotatable bonds is 7. The highest BCUT2D eigenvalue weighted by molar-refractivity contribution is 4.82. The summed E-state index contributed by atoms with van der Waals surface area (Å²) in [5.41, 5.74) is 0. The molecule has 1 fully saturated rings. The zero-order valence-corrected chi connectivity index (χ0v) is 11.7. The summed E-state index contributed by atoms with van der Waals surface area (Å²) in [6.45, 7) is 9.55. The molecule has 1 aliphatic rings. The second-order valence-electron chi connectivity index (χ2n) is 5.08. The molecule has 0 amide bonds. The molecule has 4 heteroatoms. The number of likely N-dealkylation sites (tertiary alicyclic amines) is 1. The van der Waals surface area contributed by atoms with E-state index < -0.39 is 0 Å². The highest BCUT2D eigenvalue weighted by atomic mass is 16.5. The lowest BCUT2D eigenvalue weighted by atomic mass is 9.95. The van der Waals surface area contributed by atoms with Crippen molar-refractivity contribution >= 4 is 0 Å². The van der Waals surface area contributed by atoms with Crippen LogP contribution in [0.5, 0.6) is 0 Å². The van der Waals surface area contributed by atoms with Crippen LogP contribution < -0.4 is 5.32 Å². The number of nitrogens with one attached hydrogen (secondary N) is 1. The molecular formula is C13H28N2O2. The molecule has 0 aliphatic carbocycles. The maximum absolute atomic E-state index is 5.54. The average molecular weight is 244 g/mol. The summed E-state index contributed by atoms with van der Waals surface area (Å²) in [6.07, 6.45) is 1.63. The Hall–Kier alpha value is -0.160. The van der Waals surface area contributed by atoms with Gasteiger partial charge >= 0.3 is 0 Å². The maximum atomic E-state index is 5.54. The van der Waals surface area contributed by atoms with E-state index in [9.17, 15) is 0 Å². The van der Waals surface area contributed by atoms with E-state index in [0.29, 0.717) is 18.1 Å². The van der Waals surface area contributed by atoms with Gasteiger partial charge in [-0.1, -0.05) is 6.92 Å². The first-order valence-electron chi connectivity index (χ1n) is 6.65. The third kappa shape index (κ3) is 4.92. The minimum absolute atomic E-state index is 0.394. The van der Waals surface area contributed by atoms with E-state index in [1.807, 2.05) is 7.11 Å². The Morgan fingerprint density at radius 2 is 2.18 bits per heavy atom. The molecule has 1 saturated heterocycles. The number of methoxy groups -OCH3 is 2. The average Bonchev–Trinajstić information content (AvgIpc) is 2.35. The molecule has 1 rings (SSSR count). The molecule has 17 heavy (non-hydrogen) atoms. The number of ether oxygens (including phenoxy) is 2. The Balaban J connectivity index is 2.24. The quantitative estimate of drug-likeness (QED) is 0.677. The Labute approximate surface area is 106 Å². The van der Waals surface area contributed by atoms with Gasteiger partial charge < -0.3 is 14.8 Å². The van der Waals surface area contributed by atoms with Gasteiger partial charge in [-0.25, -0.2) is 0 Å². The van der Waals surface area contributed by atoms with E-state index >= 15 is 0 Å². The van der Waals surface area contributed by atoms with Crippen LogP contribution in [0, 0.1) is 5.92 Å². The Morgan fingerprint density at radius 3 is 2.82 bits per heavy atom. The molecule has 3 unspecified atom stereocenters. The van der Waals surface area contributed by atoms with Crippen molar-refractivity contribution < 1.29 is 9.47 Å². The largest absolute Gasteiger partial charge is 0.383 e. The predicted molar refractivity (Wildman–Crippen MR) is 70.4 cm³/mol. The highest BCUT2D eigenvalue weighted by Crippen LogP contribution is 2.20. The second kappa shape index (κ2) is 8.03. The van der Waals surface area contributed by atoms with Gasteiger partial charge in [-0.3, -0.25) is 4.90 Å². The molecule has 4 nitrogen and oxygen atoms in total. The van der Waals surface area contributed by atoms with Gasteiger partial charge in [0, 0.05) is 39.9 Å². The number of piperidine rings is 1. The molecule has 1 aliphatic heterocycles. The van der Waals surface area contributed by atoms with Crippen molar-refractivity contribution in [3.8, 4) is 0 Å². The molecule has 0 radical (unpaired) electrons. The van der Waals surface area contributed by atoms with Crippen molar-refractivity contribution in [3.05, 3.63) is 0 Å². The normalized spacial score (nSPS) is 28.2. The number of hydrogen-bond donors (Lipinski definition) is 1. The van der Waals surface area contributed by atoms with E-state index in [-0.39, 0.29) is 0 Å². The molecule has 0 bridgehead atoms. The fourth-order valence-corrected chi connectivity index (χ4v) is 2.38. The summed E-state index contributed by atoms with van der Waals surface area (Å²) in [5, 5.41) is 3.42. The number of hydrogen-bond acceptors (Lipinski definition) is 4. The molecule has 1 heterocycles. The lowest BCUT2D eigenvalue weighted by Gasteiger charge is -2.39. The first-order chi connectivity index (χ1) is 8.19. The van der Waals surface area contributed by atoms with Gasteiger partial charge in [0.2, 0.25) is 0 Å². The van der Waals surface area contributed by atoms with Crippen molar-refractivity contribution in [2.45, 2.75) is 32.4 Å². The topological polar surface area (TPSA) is 33.7 Å². The van der Waals surface area contributed by atoms with Gasteiger partial charge in [0.15, 0.2) is 0 Å². The molecule has 0 aromatic heterocycles.